The summed E-state index contributed by atoms with van der Waals surface area (Å²) in [6, 6.07) is 13.1. The zero-order valence-electron chi connectivity index (χ0n) is 18.5. The third-order valence-electron chi connectivity index (χ3n) is 6.95. The molecule has 3 aromatic rings. The van der Waals surface area contributed by atoms with E-state index in [-0.39, 0.29) is 29.2 Å². The van der Waals surface area contributed by atoms with Crippen LogP contribution in [0.2, 0.25) is 0 Å². The number of anilines is 2. The van der Waals surface area contributed by atoms with Gasteiger partial charge in [-0.15, -0.1) is 0 Å². The number of nitriles is 1. The third kappa shape index (κ3) is 3.32. The number of carbonyl (C=O) groups excluding carboxylic acids is 1. The number of phenols is 1. The molecule has 0 saturated carbocycles. The molecule has 5 rings (SSSR count). The van der Waals surface area contributed by atoms with E-state index in [0.29, 0.717) is 16.9 Å². The average Bonchev–Trinajstić information content (AvgIpc) is 2.78. The van der Waals surface area contributed by atoms with Crippen LogP contribution in [0.15, 0.2) is 41.2 Å². The van der Waals surface area contributed by atoms with Gasteiger partial charge in [-0.05, 0) is 49.9 Å². The van der Waals surface area contributed by atoms with Gasteiger partial charge in [-0.25, -0.2) is 0 Å². The molecule has 4 unspecified atom stereocenters. The highest BCUT2D eigenvalue weighted by atomic mass is 16.3. The van der Waals surface area contributed by atoms with Crippen LogP contribution in [-0.2, 0) is 4.79 Å². The van der Waals surface area contributed by atoms with Gasteiger partial charge in [0.15, 0.2) is 0 Å². The number of piperidine rings is 1. The molecule has 2 aliphatic rings. The number of nitrogens with one attached hydrogen (secondary N) is 2. The molecule has 33 heavy (non-hydrogen) atoms. The van der Waals surface area contributed by atoms with Crippen molar-refractivity contribution < 1.29 is 9.90 Å². The Labute approximate surface area is 190 Å². The number of hydrogen-bond acceptors (Lipinski definition) is 6. The maximum atomic E-state index is 13.5. The molecule has 0 radical (unpaired) electrons. The Morgan fingerprint density at radius 2 is 1.82 bits per heavy atom. The number of amides is 1. The van der Waals surface area contributed by atoms with Crippen molar-refractivity contribution in [1.29, 1.82) is 5.26 Å². The van der Waals surface area contributed by atoms with Crippen LogP contribution in [0.25, 0.3) is 10.8 Å². The van der Waals surface area contributed by atoms with E-state index in [0.717, 1.165) is 24.6 Å². The number of H-pyrrole nitrogens is 1. The van der Waals surface area contributed by atoms with Gasteiger partial charge >= 0.3 is 0 Å². The number of nitrogens with zero attached hydrogens (tertiary/aromatic N) is 3. The number of aromatic amines is 1. The third-order valence-corrected chi connectivity index (χ3v) is 6.95. The molecule has 168 valence electrons. The maximum Gasteiger partial charge on any atom is 0.258 e. The fourth-order valence-corrected chi connectivity index (χ4v) is 5.38. The molecular formula is C25H25N5O3. The summed E-state index contributed by atoms with van der Waals surface area (Å²) < 4.78 is 0. The summed E-state index contributed by atoms with van der Waals surface area (Å²) in [5.41, 5.74) is 0.155. The summed E-state index contributed by atoms with van der Waals surface area (Å²) in [5.74, 6) is -2.18. The fourth-order valence-electron chi connectivity index (χ4n) is 5.38. The summed E-state index contributed by atoms with van der Waals surface area (Å²) in [5, 5.41) is 24.9. The summed E-state index contributed by atoms with van der Waals surface area (Å²) in [7, 11) is 0. The van der Waals surface area contributed by atoms with Crippen molar-refractivity contribution in [3.05, 3.63) is 57.9 Å². The van der Waals surface area contributed by atoms with E-state index in [1.54, 1.807) is 6.07 Å². The number of benzene rings is 2. The van der Waals surface area contributed by atoms with Gasteiger partial charge in [0.2, 0.25) is 11.9 Å². The summed E-state index contributed by atoms with van der Waals surface area (Å²) in [6.07, 6.45) is 3.08. The molecule has 0 spiro atoms. The lowest BCUT2D eigenvalue weighted by molar-refractivity contribution is -0.119. The number of carbonyl (C=O) groups is 1. The van der Waals surface area contributed by atoms with Crippen LogP contribution in [0.1, 0.15) is 50.2 Å². The number of hydrogen-bond donors (Lipinski definition) is 3. The van der Waals surface area contributed by atoms with Crippen molar-refractivity contribution in [2.24, 2.45) is 5.92 Å². The standard InChI is InChI=1S/C25H25N5O3/c1-13-6-5-7-14(2)30(13)25-28-22-21(24(33)29-25)20(17(12-26)23(32)27-22)19-16-9-4-3-8-15(16)10-11-18(19)31/h3-4,8-11,13-14,17,20,31H,5-7H2,1-2H3,(H2,27,28,29,32,33). The first-order valence-electron chi connectivity index (χ1n) is 11.2. The highest BCUT2D eigenvalue weighted by Crippen LogP contribution is 2.44. The molecular weight excluding hydrogens is 418 g/mol. The Morgan fingerprint density at radius 1 is 1.09 bits per heavy atom. The normalized spacial score (nSPS) is 24.8. The first-order chi connectivity index (χ1) is 15.9. The van der Waals surface area contributed by atoms with Crippen molar-refractivity contribution in [2.75, 3.05) is 10.2 Å². The summed E-state index contributed by atoms with van der Waals surface area (Å²) in [6.45, 7) is 4.19. The number of aromatic hydroxyl groups is 1. The maximum absolute atomic E-state index is 13.5. The van der Waals surface area contributed by atoms with Crippen LogP contribution >= 0.6 is 0 Å². The topological polar surface area (TPSA) is 122 Å². The summed E-state index contributed by atoms with van der Waals surface area (Å²) in [4.78, 5) is 36.1. The van der Waals surface area contributed by atoms with E-state index in [1.165, 1.54) is 6.07 Å². The van der Waals surface area contributed by atoms with Crippen molar-refractivity contribution in [2.45, 2.75) is 51.1 Å². The molecule has 1 fully saturated rings. The predicted octanol–water partition coefficient (Wildman–Crippen LogP) is 3.62. The second-order valence-corrected chi connectivity index (χ2v) is 8.98. The second-order valence-electron chi connectivity index (χ2n) is 8.98. The molecule has 8 heteroatoms. The molecule has 1 aromatic heterocycles. The molecule has 2 aliphatic heterocycles. The summed E-state index contributed by atoms with van der Waals surface area (Å²) >= 11 is 0. The SMILES string of the molecule is CC1CCCC(C)N1c1nc2c(c(=O)[nH]1)C(c1c(O)ccc3ccccc13)C(C#N)C(=O)N2. The minimum absolute atomic E-state index is 0.0682. The van der Waals surface area contributed by atoms with Gasteiger partial charge in [-0.1, -0.05) is 30.3 Å². The van der Waals surface area contributed by atoms with Gasteiger partial charge in [-0.2, -0.15) is 10.2 Å². The fraction of sp³-hybridized carbons (Fsp3) is 0.360. The van der Waals surface area contributed by atoms with Crippen LogP contribution in [-0.4, -0.2) is 33.1 Å². The molecule has 8 nitrogen and oxygen atoms in total. The number of phenolic OH excluding ortho intramolecular Hbond substituents is 1. The van der Waals surface area contributed by atoms with E-state index in [1.807, 2.05) is 30.3 Å². The van der Waals surface area contributed by atoms with Crippen molar-refractivity contribution >= 4 is 28.4 Å². The first-order valence-corrected chi connectivity index (χ1v) is 11.2. The molecule has 4 atom stereocenters. The Morgan fingerprint density at radius 3 is 2.55 bits per heavy atom. The second kappa shape index (κ2) is 7.93. The molecule has 3 heterocycles. The average molecular weight is 444 g/mol. The van der Waals surface area contributed by atoms with Gasteiger partial charge in [-0.3, -0.25) is 14.6 Å². The Balaban J connectivity index is 1.74. The van der Waals surface area contributed by atoms with Crippen LogP contribution in [0, 0.1) is 17.2 Å². The first kappa shape index (κ1) is 21.0. The highest BCUT2D eigenvalue weighted by Gasteiger charge is 2.42. The van der Waals surface area contributed by atoms with E-state index >= 15 is 0 Å². The molecule has 3 N–H and O–H groups in total. The monoisotopic (exact) mass is 443 g/mol. The van der Waals surface area contributed by atoms with E-state index < -0.39 is 23.3 Å². The molecule has 1 amide bonds. The van der Waals surface area contributed by atoms with Crippen molar-refractivity contribution in [3.8, 4) is 11.8 Å². The lowest BCUT2D eigenvalue weighted by Gasteiger charge is -2.40. The molecule has 0 aliphatic carbocycles. The van der Waals surface area contributed by atoms with Gasteiger partial charge in [0, 0.05) is 23.6 Å². The lowest BCUT2D eigenvalue weighted by Crippen LogP contribution is -2.46. The van der Waals surface area contributed by atoms with Gasteiger partial charge < -0.3 is 15.3 Å². The quantitative estimate of drug-likeness (QED) is 0.556. The Hall–Kier alpha value is -3.86. The van der Waals surface area contributed by atoms with Gasteiger partial charge in [0.25, 0.3) is 5.56 Å². The largest absolute Gasteiger partial charge is 0.508 e. The van der Waals surface area contributed by atoms with E-state index in [2.05, 4.69) is 34.0 Å². The van der Waals surface area contributed by atoms with Gasteiger partial charge in [0.1, 0.15) is 17.5 Å². The highest BCUT2D eigenvalue weighted by molar-refractivity contribution is 5.99. The number of rotatable bonds is 2. The smallest absolute Gasteiger partial charge is 0.258 e. The number of fused-ring (bicyclic) bond motifs is 2. The Kier molecular flexibility index (Phi) is 5.05. The van der Waals surface area contributed by atoms with Crippen molar-refractivity contribution in [1.82, 2.24) is 9.97 Å². The van der Waals surface area contributed by atoms with E-state index in [4.69, 9.17) is 0 Å². The predicted molar refractivity (Wildman–Crippen MR) is 125 cm³/mol. The molecule has 1 saturated heterocycles. The zero-order valence-corrected chi connectivity index (χ0v) is 18.5. The van der Waals surface area contributed by atoms with Crippen LogP contribution in [0.3, 0.4) is 0 Å². The minimum Gasteiger partial charge on any atom is -0.508 e. The molecule has 2 aromatic carbocycles. The number of aromatic nitrogens is 2. The van der Waals surface area contributed by atoms with E-state index in [9.17, 15) is 20.0 Å². The van der Waals surface area contributed by atoms with Gasteiger partial charge in [0.05, 0.1) is 11.6 Å². The Bertz CT molecular complexity index is 1350. The van der Waals surface area contributed by atoms with Crippen LogP contribution in [0.4, 0.5) is 11.8 Å². The van der Waals surface area contributed by atoms with Crippen LogP contribution in [0.5, 0.6) is 5.75 Å². The van der Waals surface area contributed by atoms with Crippen molar-refractivity contribution in [3.63, 3.8) is 0 Å². The minimum atomic E-state index is -1.18. The van der Waals surface area contributed by atoms with Crippen LogP contribution < -0.4 is 15.8 Å². The zero-order chi connectivity index (χ0) is 23.3. The lowest BCUT2D eigenvalue weighted by atomic mass is 9.77. The molecule has 0 bridgehead atoms.